The quantitative estimate of drug-likeness (QED) is 0.835. The number of nitrogens with one attached hydrogen (secondary N) is 1. The second-order valence-electron chi connectivity index (χ2n) is 7.31. The van der Waals surface area contributed by atoms with E-state index in [1.165, 1.54) is 22.3 Å². The molecule has 0 spiro atoms. The van der Waals surface area contributed by atoms with E-state index in [0.717, 1.165) is 30.8 Å². The maximum absolute atomic E-state index is 11.0. The molecule has 4 heteroatoms. The van der Waals surface area contributed by atoms with Crippen molar-refractivity contribution in [1.82, 2.24) is 10.2 Å². The molecular weight excluding hydrogens is 336 g/mol. The number of ether oxygens (including phenoxy) is 1. The Hall–Kier alpha value is -2.33. The Morgan fingerprint density at radius 1 is 1.19 bits per heavy atom. The molecule has 1 atom stereocenters. The summed E-state index contributed by atoms with van der Waals surface area (Å²) < 4.78 is 5.77. The molecule has 1 aliphatic rings. The molecule has 0 fully saturated rings. The first-order valence-electron chi connectivity index (χ1n) is 9.81. The molecule has 2 aromatic rings. The number of carbonyl (C=O) groups is 1. The van der Waals surface area contributed by atoms with E-state index in [4.69, 9.17) is 4.74 Å². The summed E-state index contributed by atoms with van der Waals surface area (Å²) in [5.74, 6) is 1.02. The van der Waals surface area contributed by atoms with Gasteiger partial charge in [0.25, 0.3) is 0 Å². The van der Waals surface area contributed by atoms with Crippen LogP contribution in [0.3, 0.4) is 0 Å². The molecule has 1 amide bonds. The van der Waals surface area contributed by atoms with E-state index in [-0.39, 0.29) is 5.91 Å². The summed E-state index contributed by atoms with van der Waals surface area (Å²) >= 11 is 0. The molecule has 1 unspecified atom stereocenters. The number of rotatable bonds is 6. The largest absolute Gasteiger partial charge is 0.494 e. The van der Waals surface area contributed by atoms with Crippen molar-refractivity contribution in [3.8, 4) is 5.75 Å². The van der Waals surface area contributed by atoms with Gasteiger partial charge in [-0.25, -0.2) is 0 Å². The average molecular weight is 367 g/mol. The van der Waals surface area contributed by atoms with E-state index >= 15 is 0 Å². The molecule has 144 valence electrons. The molecule has 1 N–H and O–H groups in total. The third-order valence-corrected chi connectivity index (χ3v) is 5.48. The summed E-state index contributed by atoms with van der Waals surface area (Å²) in [6.45, 7) is 11.3. The number of amides is 1. The van der Waals surface area contributed by atoms with E-state index in [9.17, 15) is 4.79 Å². The van der Waals surface area contributed by atoms with Crippen LogP contribution >= 0.6 is 0 Å². The summed E-state index contributed by atoms with van der Waals surface area (Å²) in [5.41, 5.74) is 6.60. The first kappa shape index (κ1) is 19.4. The number of fused-ring (bicyclic) bond motifs is 1. The van der Waals surface area contributed by atoms with E-state index in [1.54, 1.807) is 6.92 Å². The van der Waals surface area contributed by atoms with Crippen molar-refractivity contribution in [2.24, 2.45) is 0 Å². The Bertz CT molecular complexity index is 799. The molecule has 4 nitrogen and oxygen atoms in total. The smallest absolute Gasteiger partial charge is 0.217 e. The molecule has 0 radical (unpaired) electrons. The molecule has 0 aliphatic carbocycles. The first-order valence-corrected chi connectivity index (χ1v) is 9.81. The van der Waals surface area contributed by atoms with Crippen molar-refractivity contribution in [3.05, 3.63) is 64.2 Å². The average Bonchev–Trinajstić information content (AvgIpc) is 2.66. The molecule has 27 heavy (non-hydrogen) atoms. The third-order valence-electron chi connectivity index (χ3n) is 5.48. The number of benzene rings is 2. The van der Waals surface area contributed by atoms with Crippen molar-refractivity contribution in [1.29, 1.82) is 0 Å². The van der Waals surface area contributed by atoms with Gasteiger partial charge in [-0.3, -0.25) is 9.69 Å². The van der Waals surface area contributed by atoms with Gasteiger partial charge < -0.3 is 10.1 Å². The van der Waals surface area contributed by atoms with Gasteiger partial charge in [-0.05, 0) is 61.1 Å². The minimum absolute atomic E-state index is 0.00247. The molecule has 0 saturated heterocycles. The second-order valence-corrected chi connectivity index (χ2v) is 7.31. The van der Waals surface area contributed by atoms with Crippen LogP contribution in [0.4, 0.5) is 0 Å². The topological polar surface area (TPSA) is 41.6 Å². The highest BCUT2D eigenvalue weighted by Crippen LogP contribution is 2.35. The van der Waals surface area contributed by atoms with Crippen LogP contribution in [0, 0.1) is 6.92 Å². The SMILES string of the molecule is CCOc1ccc2c(c1C)CCN(Cc1ccc(CNC(C)=O)cc1)C2C. The number of hydrogen-bond acceptors (Lipinski definition) is 3. The Morgan fingerprint density at radius 2 is 1.89 bits per heavy atom. The molecule has 0 saturated carbocycles. The summed E-state index contributed by atoms with van der Waals surface area (Å²) in [6.07, 6.45) is 1.06. The lowest BCUT2D eigenvalue weighted by atomic mass is 9.89. The Kier molecular flexibility index (Phi) is 6.17. The van der Waals surface area contributed by atoms with Crippen molar-refractivity contribution in [2.45, 2.75) is 53.2 Å². The number of carbonyl (C=O) groups excluding carboxylic acids is 1. The highest BCUT2D eigenvalue weighted by atomic mass is 16.5. The lowest BCUT2D eigenvalue weighted by Crippen LogP contribution is -2.34. The predicted molar refractivity (Wildman–Crippen MR) is 109 cm³/mol. The zero-order valence-electron chi connectivity index (χ0n) is 16.8. The van der Waals surface area contributed by atoms with Crippen molar-refractivity contribution >= 4 is 5.91 Å². The van der Waals surface area contributed by atoms with Gasteiger partial charge >= 0.3 is 0 Å². The zero-order chi connectivity index (χ0) is 19.4. The van der Waals surface area contributed by atoms with Gasteiger partial charge in [0.15, 0.2) is 0 Å². The van der Waals surface area contributed by atoms with Crippen LogP contribution < -0.4 is 10.1 Å². The second kappa shape index (κ2) is 8.57. The van der Waals surface area contributed by atoms with Crippen molar-refractivity contribution < 1.29 is 9.53 Å². The molecule has 0 aromatic heterocycles. The van der Waals surface area contributed by atoms with Gasteiger partial charge in [0.2, 0.25) is 5.91 Å². The fourth-order valence-electron chi connectivity index (χ4n) is 3.88. The molecule has 2 aromatic carbocycles. The highest BCUT2D eigenvalue weighted by molar-refractivity contribution is 5.72. The van der Waals surface area contributed by atoms with Gasteiger partial charge in [0.1, 0.15) is 5.75 Å². The van der Waals surface area contributed by atoms with Crippen LogP contribution in [0.2, 0.25) is 0 Å². The van der Waals surface area contributed by atoms with E-state index in [2.05, 4.69) is 60.5 Å². The van der Waals surface area contributed by atoms with E-state index < -0.39 is 0 Å². The third kappa shape index (κ3) is 4.51. The summed E-state index contributed by atoms with van der Waals surface area (Å²) in [4.78, 5) is 13.6. The summed E-state index contributed by atoms with van der Waals surface area (Å²) in [7, 11) is 0. The Labute approximate surface area is 162 Å². The molecule has 3 rings (SSSR count). The maximum Gasteiger partial charge on any atom is 0.217 e. The van der Waals surface area contributed by atoms with Gasteiger partial charge in [0.05, 0.1) is 6.61 Å². The summed E-state index contributed by atoms with van der Waals surface area (Å²) in [6, 6.07) is 13.3. The van der Waals surface area contributed by atoms with Gasteiger partial charge in [-0.1, -0.05) is 30.3 Å². The fourth-order valence-corrected chi connectivity index (χ4v) is 3.88. The molecule has 1 heterocycles. The van der Waals surface area contributed by atoms with Crippen LogP contribution in [0.5, 0.6) is 5.75 Å². The standard InChI is InChI=1S/C23H30N2O2/c1-5-27-23-11-10-22-17(3)25(13-12-21(22)16(23)2)15-20-8-6-19(7-9-20)14-24-18(4)26/h6-11,17H,5,12-15H2,1-4H3,(H,24,26). The normalized spacial score (nSPS) is 16.7. The van der Waals surface area contributed by atoms with Gasteiger partial charge in [0, 0.05) is 32.6 Å². The molecular formula is C23H30N2O2. The number of nitrogens with zero attached hydrogens (tertiary/aromatic N) is 1. The minimum Gasteiger partial charge on any atom is -0.494 e. The lowest BCUT2D eigenvalue weighted by molar-refractivity contribution is -0.119. The first-order chi connectivity index (χ1) is 13.0. The van der Waals surface area contributed by atoms with Crippen LogP contribution in [-0.4, -0.2) is 24.0 Å². The zero-order valence-corrected chi connectivity index (χ0v) is 16.8. The Balaban J connectivity index is 1.69. The van der Waals surface area contributed by atoms with Gasteiger partial charge in [-0.2, -0.15) is 0 Å². The van der Waals surface area contributed by atoms with Crippen molar-refractivity contribution in [3.63, 3.8) is 0 Å². The minimum atomic E-state index is 0.00247. The lowest BCUT2D eigenvalue weighted by Gasteiger charge is -2.36. The number of hydrogen-bond donors (Lipinski definition) is 1. The van der Waals surface area contributed by atoms with Crippen LogP contribution in [0.25, 0.3) is 0 Å². The van der Waals surface area contributed by atoms with Crippen LogP contribution in [0.1, 0.15) is 54.6 Å². The monoisotopic (exact) mass is 366 g/mol. The molecule has 0 bridgehead atoms. The van der Waals surface area contributed by atoms with Gasteiger partial charge in [-0.15, -0.1) is 0 Å². The maximum atomic E-state index is 11.0. The summed E-state index contributed by atoms with van der Waals surface area (Å²) in [5, 5.41) is 2.84. The fraction of sp³-hybridized carbons (Fsp3) is 0.435. The van der Waals surface area contributed by atoms with Crippen LogP contribution in [0.15, 0.2) is 36.4 Å². The van der Waals surface area contributed by atoms with E-state index in [0.29, 0.717) is 19.2 Å². The Morgan fingerprint density at radius 3 is 2.56 bits per heavy atom. The van der Waals surface area contributed by atoms with Crippen molar-refractivity contribution in [2.75, 3.05) is 13.2 Å². The predicted octanol–water partition coefficient (Wildman–Crippen LogP) is 4.15. The van der Waals surface area contributed by atoms with Crippen LogP contribution in [-0.2, 0) is 24.3 Å². The van der Waals surface area contributed by atoms with E-state index in [1.807, 2.05) is 6.92 Å². The molecule has 1 aliphatic heterocycles. The highest BCUT2D eigenvalue weighted by Gasteiger charge is 2.26.